The lowest BCUT2D eigenvalue weighted by Gasteiger charge is -2.24. The molecule has 4 rings (SSSR count). The fourth-order valence-corrected chi connectivity index (χ4v) is 4.54. The molecule has 1 atom stereocenters. The third kappa shape index (κ3) is 5.16. The van der Waals surface area contributed by atoms with Crippen molar-refractivity contribution in [1.82, 2.24) is 15.2 Å². The molecule has 0 bridgehead atoms. The lowest BCUT2D eigenvalue weighted by molar-refractivity contribution is 0.147. The number of thiophene rings is 1. The third-order valence-electron chi connectivity index (χ3n) is 5.44. The van der Waals surface area contributed by atoms with E-state index >= 15 is 0 Å². The molecule has 6 heteroatoms. The monoisotopic (exact) mass is 433 g/mol. The van der Waals surface area contributed by atoms with Crippen molar-refractivity contribution in [1.29, 1.82) is 0 Å². The summed E-state index contributed by atoms with van der Waals surface area (Å²) in [7, 11) is 1.66. The van der Waals surface area contributed by atoms with Crippen LogP contribution in [0.15, 0.2) is 78.3 Å². The molecule has 0 fully saturated rings. The van der Waals surface area contributed by atoms with Crippen LogP contribution in [0.5, 0.6) is 0 Å². The van der Waals surface area contributed by atoms with Crippen LogP contribution >= 0.6 is 11.3 Å². The minimum Gasteiger partial charge on any atom is -0.383 e. The predicted octanol–water partition coefficient (Wildman–Crippen LogP) is 5.22. The molecule has 0 saturated carbocycles. The Morgan fingerprint density at radius 3 is 2.68 bits per heavy atom. The first-order valence-corrected chi connectivity index (χ1v) is 11.3. The molecule has 0 radical (unpaired) electrons. The van der Waals surface area contributed by atoms with Crippen molar-refractivity contribution in [2.24, 2.45) is 0 Å². The van der Waals surface area contributed by atoms with Gasteiger partial charge in [-0.25, -0.2) is 4.79 Å². The van der Waals surface area contributed by atoms with Crippen LogP contribution in [0.25, 0.3) is 10.9 Å². The molecule has 0 aliphatic carbocycles. The van der Waals surface area contributed by atoms with Crippen LogP contribution in [0.3, 0.4) is 0 Å². The molecule has 0 spiro atoms. The van der Waals surface area contributed by atoms with E-state index in [0.717, 1.165) is 10.4 Å². The zero-order valence-electron chi connectivity index (χ0n) is 17.6. The van der Waals surface area contributed by atoms with Crippen LogP contribution in [0, 0.1) is 0 Å². The third-order valence-corrected chi connectivity index (χ3v) is 6.30. The maximum absolute atomic E-state index is 13.1. The Labute approximate surface area is 186 Å². The van der Waals surface area contributed by atoms with Crippen LogP contribution in [0.4, 0.5) is 4.79 Å². The smallest absolute Gasteiger partial charge is 0.317 e. The van der Waals surface area contributed by atoms with Gasteiger partial charge in [0.2, 0.25) is 0 Å². The second kappa shape index (κ2) is 10.3. The number of aromatic nitrogens is 1. The minimum atomic E-state index is -0.0776. The number of aromatic amines is 1. The molecule has 2 amide bonds. The number of para-hydroxylation sites is 1. The van der Waals surface area contributed by atoms with Crippen molar-refractivity contribution in [3.05, 3.63) is 94.3 Å². The van der Waals surface area contributed by atoms with Crippen LogP contribution < -0.4 is 5.32 Å². The second-order valence-corrected chi connectivity index (χ2v) is 8.46. The molecule has 0 unspecified atom stereocenters. The van der Waals surface area contributed by atoms with Crippen LogP contribution in [-0.4, -0.2) is 42.7 Å². The number of carbonyl (C=O) groups is 1. The summed E-state index contributed by atoms with van der Waals surface area (Å²) in [6, 6.07) is 22.6. The highest BCUT2D eigenvalue weighted by Crippen LogP contribution is 2.30. The Morgan fingerprint density at radius 2 is 1.90 bits per heavy atom. The van der Waals surface area contributed by atoms with Crippen molar-refractivity contribution in [2.75, 3.05) is 26.8 Å². The van der Waals surface area contributed by atoms with E-state index in [2.05, 4.69) is 46.8 Å². The zero-order valence-corrected chi connectivity index (χ0v) is 18.4. The lowest BCUT2D eigenvalue weighted by atomic mass is 9.91. The fourth-order valence-electron chi connectivity index (χ4n) is 3.82. The van der Waals surface area contributed by atoms with E-state index in [-0.39, 0.29) is 11.9 Å². The number of nitrogens with one attached hydrogen (secondary N) is 2. The Morgan fingerprint density at radius 1 is 1.10 bits per heavy atom. The largest absolute Gasteiger partial charge is 0.383 e. The molecule has 0 saturated heterocycles. The van der Waals surface area contributed by atoms with Crippen molar-refractivity contribution >= 4 is 28.3 Å². The van der Waals surface area contributed by atoms with Crippen LogP contribution in [0.2, 0.25) is 0 Å². The number of ether oxygens (including phenoxy) is 1. The van der Waals surface area contributed by atoms with Gasteiger partial charge in [0.05, 0.1) is 13.2 Å². The van der Waals surface area contributed by atoms with Gasteiger partial charge in [-0.05, 0) is 28.6 Å². The summed E-state index contributed by atoms with van der Waals surface area (Å²) in [4.78, 5) is 19.4. The average Bonchev–Trinajstić information content (AvgIpc) is 3.48. The van der Waals surface area contributed by atoms with E-state index in [1.807, 2.05) is 46.7 Å². The number of fused-ring (bicyclic) bond motifs is 1. The fraction of sp³-hybridized carbons (Fsp3) is 0.240. The van der Waals surface area contributed by atoms with E-state index in [4.69, 9.17) is 4.74 Å². The molecular weight excluding hydrogens is 406 g/mol. The van der Waals surface area contributed by atoms with Crippen molar-refractivity contribution in [2.45, 2.75) is 12.5 Å². The number of hydrogen-bond donors (Lipinski definition) is 2. The summed E-state index contributed by atoms with van der Waals surface area (Å²) < 4.78 is 5.22. The van der Waals surface area contributed by atoms with Gasteiger partial charge in [0.15, 0.2) is 0 Å². The second-order valence-electron chi connectivity index (χ2n) is 7.43. The lowest BCUT2D eigenvalue weighted by Crippen LogP contribution is -2.42. The molecular formula is C25H27N3O2S. The van der Waals surface area contributed by atoms with E-state index in [9.17, 15) is 4.79 Å². The number of nitrogens with zero attached hydrogens (tertiary/aromatic N) is 1. The normalized spacial score (nSPS) is 12.0. The number of amides is 2. The highest BCUT2D eigenvalue weighted by molar-refractivity contribution is 7.09. The van der Waals surface area contributed by atoms with Gasteiger partial charge in [0.1, 0.15) is 0 Å². The summed E-state index contributed by atoms with van der Waals surface area (Å²) in [5, 5.41) is 6.39. The molecule has 0 aliphatic heterocycles. The van der Waals surface area contributed by atoms with Gasteiger partial charge < -0.3 is 19.9 Å². The molecule has 5 nitrogen and oxygen atoms in total. The molecule has 160 valence electrons. The quantitative estimate of drug-likeness (QED) is 0.380. The standard InChI is InChI=1S/C25H27N3O2S/c1-30-14-13-28(18-20-10-7-15-31-20)25(29)27-16-22(19-8-3-2-4-9-19)23-17-26-24-12-6-5-11-21(23)24/h2-12,15,17,22,26H,13-14,16,18H2,1H3,(H,27,29)/t22-/m1/s1. The summed E-state index contributed by atoms with van der Waals surface area (Å²) in [6.45, 7) is 2.14. The maximum Gasteiger partial charge on any atom is 0.317 e. The van der Waals surface area contributed by atoms with E-state index in [1.54, 1.807) is 18.4 Å². The molecule has 2 heterocycles. The van der Waals surface area contributed by atoms with E-state index in [0.29, 0.717) is 26.2 Å². The highest BCUT2D eigenvalue weighted by Gasteiger charge is 2.21. The van der Waals surface area contributed by atoms with Crippen LogP contribution in [0.1, 0.15) is 21.9 Å². The Hall–Kier alpha value is -3.09. The van der Waals surface area contributed by atoms with Gasteiger partial charge >= 0.3 is 6.03 Å². The van der Waals surface area contributed by atoms with Gasteiger partial charge in [-0.1, -0.05) is 54.6 Å². The molecule has 2 N–H and O–H groups in total. The minimum absolute atomic E-state index is 0.0484. The topological polar surface area (TPSA) is 57.4 Å². The van der Waals surface area contributed by atoms with E-state index in [1.165, 1.54) is 16.5 Å². The van der Waals surface area contributed by atoms with Gasteiger partial charge in [-0.15, -0.1) is 11.3 Å². The number of benzene rings is 2. The number of urea groups is 1. The SMILES string of the molecule is COCCN(Cc1cccs1)C(=O)NC[C@H](c1ccccc1)c1c[nH]c2ccccc12. The van der Waals surface area contributed by atoms with Crippen molar-refractivity contribution < 1.29 is 9.53 Å². The number of H-pyrrole nitrogens is 1. The number of hydrogen-bond acceptors (Lipinski definition) is 3. The molecule has 2 aromatic heterocycles. The number of methoxy groups -OCH3 is 1. The summed E-state index contributed by atoms with van der Waals surface area (Å²) in [5.41, 5.74) is 3.46. The summed E-state index contributed by atoms with van der Waals surface area (Å²) in [6.07, 6.45) is 2.06. The van der Waals surface area contributed by atoms with Gasteiger partial charge in [0.25, 0.3) is 0 Å². The first kappa shape index (κ1) is 21.2. The van der Waals surface area contributed by atoms with Gasteiger partial charge in [0, 0.05) is 48.1 Å². The van der Waals surface area contributed by atoms with Crippen LogP contribution in [-0.2, 0) is 11.3 Å². The zero-order chi connectivity index (χ0) is 21.5. The van der Waals surface area contributed by atoms with E-state index < -0.39 is 0 Å². The van der Waals surface area contributed by atoms with Gasteiger partial charge in [-0.2, -0.15) is 0 Å². The average molecular weight is 434 g/mol. The Bertz CT molecular complexity index is 1090. The van der Waals surface area contributed by atoms with Crippen molar-refractivity contribution in [3.8, 4) is 0 Å². The molecule has 2 aromatic carbocycles. The Balaban J connectivity index is 1.54. The highest BCUT2D eigenvalue weighted by atomic mass is 32.1. The number of rotatable bonds is 9. The summed E-state index contributed by atoms with van der Waals surface area (Å²) in [5.74, 6) is 0.0484. The number of carbonyl (C=O) groups excluding carboxylic acids is 1. The van der Waals surface area contributed by atoms with Gasteiger partial charge in [-0.3, -0.25) is 0 Å². The molecule has 31 heavy (non-hydrogen) atoms. The van der Waals surface area contributed by atoms with Crippen molar-refractivity contribution in [3.63, 3.8) is 0 Å². The first-order valence-electron chi connectivity index (χ1n) is 10.4. The maximum atomic E-state index is 13.1. The first-order chi connectivity index (χ1) is 15.3. The molecule has 4 aromatic rings. The Kier molecular flexibility index (Phi) is 7.02. The predicted molar refractivity (Wildman–Crippen MR) is 127 cm³/mol. The summed E-state index contributed by atoms with van der Waals surface area (Å²) >= 11 is 1.66. The molecule has 0 aliphatic rings.